The topological polar surface area (TPSA) is 138 Å². The summed E-state index contributed by atoms with van der Waals surface area (Å²) in [4.78, 5) is 20.3. The number of hydrogen-bond acceptors (Lipinski definition) is 7. The molecule has 0 radical (unpaired) electrons. The number of carbonyl (C=O) groups excluding carboxylic acids is 2. The number of nitrogens with two attached hydrogens (primary N) is 1. The first-order valence-corrected chi connectivity index (χ1v) is 15.6. The van der Waals surface area contributed by atoms with Crippen molar-refractivity contribution in [3.63, 3.8) is 0 Å². The van der Waals surface area contributed by atoms with Crippen LogP contribution in [0.15, 0.2) is 89.8 Å². The normalized spacial score (nSPS) is 11.0. The molecule has 0 fully saturated rings. The summed E-state index contributed by atoms with van der Waals surface area (Å²) in [7, 11) is -4.02. The number of ether oxygens (including phenoxy) is 2. The van der Waals surface area contributed by atoms with Crippen molar-refractivity contribution in [3.8, 4) is 17.2 Å². The number of aryl methyl sites for hydroxylation is 3. The van der Waals surface area contributed by atoms with Crippen molar-refractivity contribution in [2.24, 2.45) is 0 Å². The van der Waals surface area contributed by atoms with Crippen LogP contribution in [0, 0.1) is 20.8 Å². The van der Waals surface area contributed by atoms with Gasteiger partial charge in [0.1, 0.15) is 23.1 Å². The quantitative estimate of drug-likeness (QED) is 0.111. The number of nitrogens with zero attached hydrogens (tertiary/aromatic N) is 1. The van der Waals surface area contributed by atoms with Gasteiger partial charge in [0.05, 0.1) is 4.90 Å². The van der Waals surface area contributed by atoms with E-state index in [9.17, 15) is 44.3 Å². The maximum Gasteiger partial charge on any atom is 0.573 e. The Morgan fingerprint density at radius 3 is 1.37 bits per heavy atom. The lowest BCUT2D eigenvalue weighted by molar-refractivity contribution is -0.275. The molecule has 0 atom stereocenters. The lowest BCUT2D eigenvalue weighted by Gasteiger charge is -2.12. The Morgan fingerprint density at radius 1 is 0.673 bits per heavy atom. The summed E-state index contributed by atoms with van der Waals surface area (Å²) >= 11 is 0. The van der Waals surface area contributed by atoms with Crippen LogP contribution < -0.4 is 15.2 Å². The number of Topliss-reactive ketones (excluding diaryl/α,β-unsaturated/α-hetero) is 2. The van der Waals surface area contributed by atoms with Crippen LogP contribution in [-0.2, 0) is 19.7 Å². The molecule has 0 saturated carbocycles. The number of alkyl halides is 6. The SMILES string of the molecule is CC(=O)CCC(C)=O.Cc1ccc(C)n1-c1ccc(OC(F)(F)F)cc1.Cc1ccc(S(=O)(=O)O)cc1.Nc1ccc(OC(F)(F)F)cc1. The van der Waals surface area contributed by atoms with Crippen molar-refractivity contribution in [2.45, 2.75) is 65.1 Å². The molecule has 49 heavy (non-hydrogen) atoms. The molecule has 0 aliphatic rings. The molecule has 0 spiro atoms. The Bertz CT molecular complexity index is 1700. The number of rotatable bonds is 7. The monoisotopic (exact) mass is 718 g/mol. The summed E-state index contributed by atoms with van der Waals surface area (Å²) in [6.07, 6.45) is -8.50. The first-order valence-electron chi connectivity index (χ1n) is 14.1. The Hall–Kier alpha value is -4.83. The maximum absolute atomic E-state index is 12.0. The third-order valence-electron chi connectivity index (χ3n) is 5.86. The van der Waals surface area contributed by atoms with Crippen molar-refractivity contribution < 1.29 is 58.4 Å². The zero-order chi connectivity index (χ0) is 37.6. The molecule has 1 heterocycles. The second-order valence-electron chi connectivity index (χ2n) is 10.3. The van der Waals surface area contributed by atoms with Crippen LogP contribution in [0.1, 0.15) is 43.6 Å². The van der Waals surface area contributed by atoms with E-state index < -0.39 is 22.8 Å². The van der Waals surface area contributed by atoms with Crippen molar-refractivity contribution >= 4 is 27.4 Å². The molecule has 0 saturated heterocycles. The fraction of sp³-hybridized carbons (Fsp3) is 0.273. The second-order valence-corrected chi connectivity index (χ2v) is 11.7. The lowest BCUT2D eigenvalue weighted by atomic mass is 10.2. The minimum Gasteiger partial charge on any atom is -0.406 e. The number of aromatic nitrogens is 1. The molecule has 1 aromatic heterocycles. The lowest BCUT2D eigenvalue weighted by Crippen LogP contribution is -2.17. The molecular formula is C33H36F6N2O7S. The molecule has 9 nitrogen and oxygen atoms in total. The highest BCUT2D eigenvalue weighted by Crippen LogP contribution is 2.25. The van der Waals surface area contributed by atoms with E-state index in [0.29, 0.717) is 18.5 Å². The molecule has 3 N–H and O–H groups in total. The molecule has 4 aromatic rings. The Morgan fingerprint density at radius 2 is 1.04 bits per heavy atom. The Kier molecular flexibility index (Phi) is 16.1. The van der Waals surface area contributed by atoms with E-state index in [1.807, 2.05) is 37.5 Å². The number of hydrogen-bond donors (Lipinski definition) is 2. The van der Waals surface area contributed by atoms with Gasteiger partial charge in [-0.3, -0.25) is 4.55 Å². The van der Waals surface area contributed by atoms with E-state index in [4.69, 9.17) is 10.3 Å². The summed E-state index contributed by atoms with van der Waals surface area (Å²) in [5, 5.41) is 0. The van der Waals surface area contributed by atoms with Gasteiger partial charge in [-0.15, -0.1) is 26.3 Å². The fourth-order valence-corrected chi connectivity index (χ4v) is 4.08. The summed E-state index contributed by atoms with van der Waals surface area (Å²) in [5.74, 6) is -0.314. The van der Waals surface area contributed by atoms with Gasteiger partial charge in [0.15, 0.2) is 0 Å². The summed E-state index contributed by atoms with van der Waals surface area (Å²) in [6, 6.07) is 20.7. The number of benzene rings is 3. The first kappa shape index (κ1) is 42.2. The van der Waals surface area contributed by atoms with Crippen molar-refractivity contribution in [1.29, 1.82) is 0 Å². The summed E-state index contributed by atoms with van der Waals surface area (Å²) < 4.78 is 110. The largest absolute Gasteiger partial charge is 0.573 e. The predicted octanol–water partition coefficient (Wildman–Crippen LogP) is 8.35. The second kappa shape index (κ2) is 18.6. The van der Waals surface area contributed by atoms with Crippen LogP contribution in [0.2, 0.25) is 0 Å². The molecular weight excluding hydrogens is 682 g/mol. The van der Waals surface area contributed by atoms with E-state index in [2.05, 4.69) is 9.47 Å². The van der Waals surface area contributed by atoms with Crippen LogP contribution in [-0.4, -0.2) is 41.8 Å². The van der Waals surface area contributed by atoms with Crippen molar-refractivity contribution in [2.75, 3.05) is 5.73 Å². The molecule has 16 heteroatoms. The van der Waals surface area contributed by atoms with Gasteiger partial charge >= 0.3 is 12.7 Å². The average molecular weight is 719 g/mol. The van der Waals surface area contributed by atoms with Crippen LogP contribution >= 0.6 is 0 Å². The van der Waals surface area contributed by atoms with Gasteiger partial charge in [0.2, 0.25) is 0 Å². The number of ketones is 2. The molecule has 268 valence electrons. The minimum atomic E-state index is -4.65. The molecule has 0 bridgehead atoms. The van der Waals surface area contributed by atoms with Crippen LogP contribution in [0.3, 0.4) is 0 Å². The van der Waals surface area contributed by atoms with Gasteiger partial charge < -0.3 is 29.4 Å². The third kappa shape index (κ3) is 18.3. The fourth-order valence-electron chi connectivity index (χ4n) is 3.60. The highest BCUT2D eigenvalue weighted by molar-refractivity contribution is 7.85. The van der Waals surface area contributed by atoms with E-state index in [-0.39, 0.29) is 28.0 Å². The van der Waals surface area contributed by atoms with Gasteiger partial charge in [0.25, 0.3) is 10.1 Å². The third-order valence-corrected chi connectivity index (χ3v) is 6.73. The smallest absolute Gasteiger partial charge is 0.406 e. The standard InChI is InChI=1S/C13H12F3NO.C7H6F3NO.C7H8O3S.C6H10O2/c1-9-3-4-10(2)17(9)11-5-7-12(8-6-11)18-13(14,15)16;8-7(9,10)12-6-3-1-5(11)2-4-6;1-6-2-4-7(5-3-6)11(8,9)10;1-5(7)3-4-6(2)8/h3-8H,1-2H3;1-4H,11H2;2-5H,1H3,(H,8,9,10);3-4H2,1-2H3. The zero-order valence-electron chi connectivity index (χ0n) is 27.1. The van der Waals surface area contributed by atoms with Gasteiger partial charge in [-0.1, -0.05) is 17.7 Å². The van der Waals surface area contributed by atoms with Gasteiger partial charge in [0, 0.05) is 35.6 Å². The molecule has 4 rings (SSSR count). The van der Waals surface area contributed by atoms with Gasteiger partial charge in [-0.05, 0) is 107 Å². The number of anilines is 1. The van der Waals surface area contributed by atoms with Crippen LogP contribution in [0.5, 0.6) is 11.5 Å². The summed E-state index contributed by atoms with van der Waals surface area (Å²) in [5.41, 5.74) is 9.46. The molecule has 0 aliphatic heterocycles. The van der Waals surface area contributed by atoms with Gasteiger partial charge in [-0.2, -0.15) is 8.42 Å². The first-order chi connectivity index (χ1) is 22.5. The van der Waals surface area contributed by atoms with E-state index in [0.717, 1.165) is 34.8 Å². The van der Waals surface area contributed by atoms with Crippen molar-refractivity contribution in [3.05, 3.63) is 102 Å². The number of halogens is 6. The highest BCUT2D eigenvalue weighted by Gasteiger charge is 2.31. The van der Waals surface area contributed by atoms with E-state index in [1.54, 1.807) is 24.3 Å². The summed E-state index contributed by atoms with van der Waals surface area (Å²) in [6.45, 7) is 8.69. The Labute approximate surface area is 280 Å². The minimum absolute atomic E-state index is 0.0666. The number of carbonyl (C=O) groups is 2. The zero-order valence-corrected chi connectivity index (χ0v) is 27.9. The molecule has 0 amide bonds. The molecule has 0 aliphatic carbocycles. The maximum atomic E-state index is 12.0. The van der Waals surface area contributed by atoms with Gasteiger partial charge in [-0.25, -0.2) is 0 Å². The Balaban J connectivity index is 0.000000342. The molecule has 0 unspecified atom stereocenters. The van der Waals surface area contributed by atoms with Crippen molar-refractivity contribution in [1.82, 2.24) is 4.57 Å². The van der Waals surface area contributed by atoms with E-state index in [1.165, 1.54) is 50.2 Å². The number of nitrogen functional groups attached to an aromatic ring is 1. The van der Waals surface area contributed by atoms with E-state index >= 15 is 0 Å². The predicted molar refractivity (Wildman–Crippen MR) is 171 cm³/mol. The van der Waals surface area contributed by atoms with Crippen LogP contribution in [0.4, 0.5) is 32.0 Å². The molecule has 3 aromatic carbocycles. The van der Waals surface area contributed by atoms with Crippen LogP contribution in [0.25, 0.3) is 5.69 Å². The average Bonchev–Trinajstić information content (AvgIpc) is 3.30. The highest BCUT2D eigenvalue weighted by atomic mass is 32.2.